The third kappa shape index (κ3) is 3.72. The van der Waals surface area contributed by atoms with Crippen molar-refractivity contribution in [2.24, 2.45) is 0 Å². The van der Waals surface area contributed by atoms with Crippen LogP contribution >= 0.6 is 0 Å². The van der Waals surface area contributed by atoms with Crippen LogP contribution in [0.5, 0.6) is 0 Å². The molecule has 1 aromatic heterocycles. The van der Waals surface area contributed by atoms with Crippen molar-refractivity contribution >= 4 is 28.4 Å². The highest BCUT2D eigenvalue weighted by Gasteiger charge is 2.25. The van der Waals surface area contributed by atoms with Gasteiger partial charge in [-0.15, -0.1) is 0 Å². The van der Waals surface area contributed by atoms with Crippen molar-refractivity contribution in [3.63, 3.8) is 0 Å². The van der Waals surface area contributed by atoms with Gasteiger partial charge in [0.25, 0.3) is 5.91 Å². The standard InChI is InChI=1S/C20H18N4O3/c25-18-11-21-24(17-8-4-2-6-15(17)18)12-19(26)23-16-7-3-1-5-14(16)20(27)22-13-9-10-13/h1-8,11,13H,9-10,12H2,(H,22,27)(H,23,26). The van der Waals surface area contributed by atoms with Crippen LogP contribution in [0.25, 0.3) is 10.9 Å². The molecule has 7 nitrogen and oxygen atoms in total. The van der Waals surface area contributed by atoms with Gasteiger partial charge < -0.3 is 10.6 Å². The van der Waals surface area contributed by atoms with Gasteiger partial charge in [0.05, 0.1) is 23.0 Å². The zero-order chi connectivity index (χ0) is 18.8. The third-order valence-electron chi connectivity index (χ3n) is 4.41. The number of rotatable bonds is 5. The Kier molecular flexibility index (Phi) is 4.42. The number of carbonyl (C=O) groups is 2. The smallest absolute Gasteiger partial charge is 0.253 e. The number of carbonyl (C=O) groups excluding carboxylic acids is 2. The number of amides is 2. The number of para-hydroxylation sites is 2. The van der Waals surface area contributed by atoms with Crippen LogP contribution in [-0.2, 0) is 11.3 Å². The molecule has 1 aliphatic rings. The van der Waals surface area contributed by atoms with Gasteiger partial charge in [0.1, 0.15) is 6.54 Å². The molecule has 2 N–H and O–H groups in total. The number of aromatic nitrogens is 2. The van der Waals surface area contributed by atoms with Crippen LogP contribution in [0.1, 0.15) is 23.2 Å². The van der Waals surface area contributed by atoms with E-state index in [2.05, 4.69) is 15.7 Å². The molecule has 1 saturated carbocycles. The second kappa shape index (κ2) is 7.03. The van der Waals surface area contributed by atoms with Crippen LogP contribution in [0.15, 0.2) is 59.5 Å². The van der Waals surface area contributed by atoms with E-state index in [4.69, 9.17) is 0 Å². The number of nitrogens with zero attached hydrogens (tertiary/aromatic N) is 2. The summed E-state index contributed by atoms with van der Waals surface area (Å²) in [5.41, 5.74) is 1.27. The molecule has 2 aromatic carbocycles. The lowest BCUT2D eigenvalue weighted by molar-refractivity contribution is -0.116. The quantitative estimate of drug-likeness (QED) is 0.725. The fourth-order valence-corrected chi connectivity index (χ4v) is 2.89. The van der Waals surface area contributed by atoms with E-state index in [9.17, 15) is 14.4 Å². The molecule has 0 atom stereocenters. The third-order valence-corrected chi connectivity index (χ3v) is 4.41. The molecule has 7 heteroatoms. The number of hydrogen-bond acceptors (Lipinski definition) is 4. The number of nitrogens with one attached hydrogen (secondary N) is 2. The number of benzene rings is 2. The van der Waals surface area contributed by atoms with E-state index in [1.54, 1.807) is 48.5 Å². The minimum absolute atomic E-state index is 0.0701. The summed E-state index contributed by atoms with van der Waals surface area (Å²) in [4.78, 5) is 36.8. The Morgan fingerprint density at radius 3 is 2.63 bits per heavy atom. The second-order valence-corrected chi connectivity index (χ2v) is 6.53. The average Bonchev–Trinajstić information content (AvgIpc) is 3.48. The van der Waals surface area contributed by atoms with E-state index < -0.39 is 0 Å². The normalized spacial score (nSPS) is 13.3. The summed E-state index contributed by atoms with van der Waals surface area (Å²) in [6.45, 7) is -0.0701. The van der Waals surface area contributed by atoms with E-state index >= 15 is 0 Å². The molecular weight excluding hydrogens is 344 g/mol. The predicted octanol–water partition coefficient (Wildman–Crippen LogP) is 1.93. The molecule has 1 heterocycles. The Bertz CT molecular complexity index is 1090. The summed E-state index contributed by atoms with van der Waals surface area (Å²) >= 11 is 0. The van der Waals surface area contributed by atoms with Crippen LogP contribution in [0, 0.1) is 0 Å². The summed E-state index contributed by atoms with van der Waals surface area (Å²) in [7, 11) is 0. The highest BCUT2D eigenvalue weighted by atomic mass is 16.2. The van der Waals surface area contributed by atoms with E-state index in [0.29, 0.717) is 22.2 Å². The second-order valence-electron chi connectivity index (χ2n) is 6.53. The zero-order valence-corrected chi connectivity index (χ0v) is 14.5. The van der Waals surface area contributed by atoms with E-state index in [1.165, 1.54) is 10.9 Å². The molecule has 0 bridgehead atoms. The SMILES string of the molecule is O=C(Cn1ncc(=O)c2ccccc21)Nc1ccccc1C(=O)NC1CC1. The molecule has 3 aromatic rings. The van der Waals surface area contributed by atoms with Gasteiger partial charge in [-0.05, 0) is 37.1 Å². The van der Waals surface area contributed by atoms with Crippen molar-refractivity contribution in [1.82, 2.24) is 15.1 Å². The van der Waals surface area contributed by atoms with Gasteiger partial charge in [-0.3, -0.25) is 19.1 Å². The van der Waals surface area contributed by atoms with Crippen molar-refractivity contribution in [2.45, 2.75) is 25.4 Å². The van der Waals surface area contributed by atoms with Crippen LogP contribution < -0.4 is 16.1 Å². The zero-order valence-electron chi connectivity index (χ0n) is 14.5. The first kappa shape index (κ1) is 17.0. The number of hydrogen-bond donors (Lipinski definition) is 2. The topological polar surface area (TPSA) is 93.1 Å². The summed E-state index contributed by atoms with van der Waals surface area (Å²) in [6.07, 6.45) is 3.18. The Hall–Kier alpha value is -3.48. The van der Waals surface area contributed by atoms with Gasteiger partial charge in [0.15, 0.2) is 0 Å². The highest BCUT2D eigenvalue weighted by Crippen LogP contribution is 2.21. The van der Waals surface area contributed by atoms with Crippen molar-refractivity contribution in [2.75, 3.05) is 5.32 Å². The fourth-order valence-electron chi connectivity index (χ4n) is 2.89. The van der Waals surface area contributed by atoms with Gasteiger partial charge in [-0.2, -0.15) is 5.10 Å². The molecular formula is C20H18N4O3. The van der Waals surface area contributed by atoms with Gasteiger partial charge in [-0.25, -0.2) is 0 Å². The molecule has 0 unspecified atom stereocenters. The number of anilines is 1. The molecule has 1 fully saturated rings. The van der Waals surface area contributed by atoms with Crippen LogP contribution in [-0.4, -0.2) is 27.6 Å². The molecule has 0 saturated heterocycles. The van der Waals surface area contributed by atoms with Gasteiger partial charge in [0.2, 0.25) is 11.3 Å². The van der Waals surface area contributed by atoms with Crippen molar-refractivity contribution in [3.05, 3.63) is 70.5 Å². The molecule has 136 valence electrons. The molecule has 27 heavy (non-hydrogen) atoms. The molecule has 4 rings (SSSR count). The van der Waals surface area contributed by atoms with E-state index in [-0.39, 0.29) is 29.8 Å². The molecule has 0 aliphatic heterocycles. The summed E-state index contributed by atoms with van der Waals surface area (Å²) < 4.78 is 1.47. The Labute approximate surface area is 155 Å². The first-order valence-electron chi connectivity index (χ1n) is 8.76. The Morgan fingerprint density at radius 2 is 1.81 bits per heavy atom. The lowest BCUT2D eigenvalue weighted by Crippen LogP contribution is -2.28. The molecule has 0 radical (unpaired) electrons. The monoisotopic (exact) mass is 362 g/mol. The molecule has 2 amide bonds. The average molecular weight is 362 g/mol. The number of fused-ring (bicyclic) bond motifs is 1. The summed E-state index contributed by atoms with van der Waals surface area (Å²) in [6, 6.07) is 14.1. The lowest BCUT2D eigenvalue weighted by atomic mass is 10.1. The van der Waals surface area contributed by atoms with Gasteiger partial charge in [0, 0.05) is 11.4 Å². The first-order chi connectivity index (χ1) is 13.1. The Morgan fingerprint density at radius 1 is 1.07 bits per heavy atom. The van der Waals surface area contributed by atoms with Crippen LogP contribution in [0.4, 0.5) is 5.69 Å². The fraction of sp³-hybridized carbons (Fsp3) is 0.200. The van der Waals surface area contributed by atoms with Gasteiger partial charge >= 0.3 is 0 Å². The van der Waals surface area contributed by atoms with Crippen LogP contribution in [0.3, 0.4) is 0 Å². The van der Waals surface area contributed by atoms with E-state index in [1.807, 2.05) is 0 Å². The minimum Gasteiger partial charge on any atom is -0.349 e. The maximum Gasteiger partial charge on any atom is 0.253 e. The van der Waals surface area contributed by atoms with Crippen LogP contribution in [0.2, 0.25) is 0 Å². The Balaban J connectivity index is 1.55. The van der Waals surface area contributed by atoms with Crippen molar-refractivity contribution < 1.29 is 9.59 Å². The molecule has 0 spiro atoms. The van der Waals surface area contributed by atoms with Crippen molar-refractivity contribution in [1.29, 1.82) is 0 Å². The maximum absolute atomic E-state index is 12.5. The predicted molar refractivity (Wildman–Crippen MR) is 102 cm³/mol. The van der Waals surface area contributed by atoms with Crippen molar-refractivity contribution in [3.8, 4) is 0 Å². The first-order valence-corrected chi connectivity index (χ1v) is 8.76. The lowest BCUT2D eigenvalue weighted by Gasteiger charge is -2.12. The van der Waals surface area contributed by atoms with Gasteiger partial charge in [-0.1, -0.05) is 24.3 Å². The largest absolute Gasteiger partial charge is 0.349 e. The molecule has 1 aliphatic carbocycles. The maximum atomic E-state index is 12.5. The highest BCUT2D eigenvalue weighted by molar-refractivity contribution is 6.04. The summed E-state index contributed by atoms with van der Waals surface area (Å²) in [5.74, 6) is -0.525. The van der Waals surface area contributed by atoms with E-state index in [0.717, 1.165) is 12.8 Å². The summed E-state index contributed by atoms with van der Waals surface area (Å²) in [5, 5.41) is 10.3. The minimum atomic E-state index is -0.331.